The number of aromatic carboxylic acids is 1. The number of urea groups is 1. The number of hydrogen-bond acceptors (Lipinski definition) is 7. The predicted octanol–water partition coefficient (Wildman–Crippen LogP) is 2.87. The highest BCUT2D eigenvalue weighted by molar-refractivity contribution is 5.98. The molecule has 2 aromatic heterocycles. The van der Waals surface area contributed by atoms with Gasteiger partial charge in [0.25, 0.3) is 0 Å². The van der Waals surface area contributed by atoms with E-state index in [2.05, 4.69) is 20.3 Å². The minimum Gasteiger partial charge on any atom is -0.478 e. The molecular formula is C19H23N7O3. The number of hydrogen-bond donors (Lipinski definition) is 2. The van der Waals surface area contributed by atoms with Crippen LogP contribution in [0.5, 0.6) is 0 Å². The van der Waals surface area contributed by atoms with Crippen LogP contribution in [0.25, 0.3) is 0 Å². The number of anilines is 4. The van der Waals surface area contributed by atoms with E-state index < -0.39 is 5.97 Å². The Labute approximate surface area is 168 Å². The maximum absolute atomic E-state index is 12.8. The van der Waals surface area contributed by atoms with Gasteiger partial charge >= 0.3 is 12.0 Å². The second-order valence-corrected chi connectivity index (χ2v) is 7.10. The third kappa shape index (κ3) is 3.41. The number of carbonyl (C=O) groups excluding carboxylic acids is 1. The van der Waals surface area contributed by atoms with Crippen LogP contribution in [0.15, 0.2) is 24.5 Å². The number of fused-ring (bicyclic) bond motifs is 1. The molecule has 10 heteroatoms. The summed E-state index contributed by atoms with van der Waals surface area (Å²) in [5.41, 5.74) is 0.763. The zero-order valence-corrected chi connectivity index (χ0v) is 16.4. The summed E-state index contributed by atoms with van der Waals surface area (Å²) in [6, 6.07) is 3.16. The van der Waals surface area contributed by atoms with Gasteiger partial charge in [0, 0.05) is 19.8 Å². The summed E-state index contributed by atoms with van der Waals surface area (Å²) in [7, 11) is 1.72. The fraction of sp³-hybridized carbons (Fsp3) is 0.421. The summed E-state index contributed by atoms with van der Waals surface area (Å²) in [6.07, 6.45) is 7.19. The van der Waals surface area contributed by atoms with Gasteiger partial charge in [0.1, 0.15) is 11.5 Å². The Kier molecular flexibility index (Phi) is 4.91. The fourth-order valence-electron chi connectivity index (χ4n) is 3.83. The highest BCUT2D eigenvalue weighted by Gasteiger charge is 2.39. The summed E-state index contributed by atoms with van der Waals surface area (Å²) in [4.78, 5) is 38.5. The molecule has 0 unspecified atom stereocenters. The van der Waals surface area contributed by atoms with Crippen molar-refractivity contribution in [3.8, 4) is 0 Å². The minimum atomic E-state index is -1.03. The fourth-order valence-corrected chi connectivity index (χ4v) is 3.83. The Bertz CT molecular complexity index is 928. The number of carbonyl (C=O) groups is 2. The van der Waals surface area contributed by atoms with Crippen LogP contribution in [0.1, 0.15) is 43.0 Å². The zero-order valence-electron chi connectivity index (χ0n) is 16.4. The highest BCUT2D eigenvalue weighted by Crippen LogP contribution is 2.38. The molecule has 1 aliphatic carbocycles. The Morgan fingerprint density at radius 1 is 1.24 bits per heavy atom. The summed E-state index contributed by atoms with van der Waals surface area (Å²) >= 11 is 0. The highest BCUT2D eigenvalue weighted by atomic mass is 16.4. The lowest BCUT2D eigenvalue weighted by atomic mass is 10.2. The van der Waals surface area contributed by atoms with Crippen LogP contribution in [-0.4, -0.2) is 56.7 Å². The number of pyridine rings is 1. The lowest BCUT2D eigenvalue weighted by Gasteiger charge is -2.45. The minimum absolute atomic E-state index is 0.0952. The van der Waals surface area contributed by atoms with Crippen LogP contribution in [0, 0.1) is 0 Å². The van der Waals surface area contributed by atoms with E-state index in [0.29, 0.717) is 29.8 Å². The molecule has 2 aromatic rings. The Hall–Kier alpha value is -3.43. The molecular weight excluding hydrogens is 374 g/mol. The second-order valence-electron chi connectivity index (χ2n) is 7.10. The normalized spacial score (nSPS) is 16.9. The molecule has 2 amide bonds. The van der Waals surface area contributed by atoms with Crippen molar-refractivity contribution in [1.29, 1.82) is 0 Å². The number of rotatable bonds is 5. The first-order valence-corrected chi connectivity index (χ1v) is 9.67. The maximum atomic E-state index is 12.8. The average Bonchev–Trinajstić information content (AvgIpc) is 3.25. The number of nitrogens with one attached hydrogen (secondary N) is 1. The van der Waals surface area contributed by atoms with E-state index in [-0.39, 0.29) is 17.6 Å². The molecule has 3 heterocycles. The number of aromatic nitrogens is 3. The zero-order chi connectivity index (χ0) is 20.5. The van der Waals surface area contributed by atoms with Crippen LogP contribution in [0.4, 0.5) is 28.1 Å². The average molecular weight is 397 g/mol. The van der Waals surface area contributed by atoms with Gasteiger partial charge < -0.3 is 10.4 Å². The van der Waals surface area contributed by atoms with Crippen molar-refractivity contribution in [2.24, 2.45) is 0 Å². The van der Waals surface area contributed by atoms with Crippen molar-refractivity contribution >= 4 is 35.3 Å². The molecule has 152 valence electrons. The van der Waals surface area contributed by atoms with Gasteiger partial charge in [-0.15, -0.1) is 0 Å². The van der Waals surface area contributed by atoms with Gasteiger partial charge in [0.05, 0.1) is 17.8 Å². The first-order chi connectivity index (χ1) is 14.0. The van der Waals surface area contributed by atoms with E-state index in [1.54, 1.807) is 29.2 Å². The number of carboxylic acid groups (broad SMARTS) is 1. The topological polar surface area (TPSA) is 115 Å². The third-order valence-corrected chi connectivity index (χ3v) is 5.32. The van der Waals surface area contributed by atoms with Gasteiger partial charge in [-0.2, -0.15) is 4.98 Å². The number of amides is 2. The molecule has 0 spiro atoms. The van der Waals surface area contributed by atoms with Crippen molar-refractivity contribution in [3.63, 3.8) is 0 Å². The first-order valence-electron chi connectivity index (χ1n) is 9.67. The van der Waals surface area contributed by atoms with Crippen LogP contribution in [0.3, 0.4) is 0 Å². The van der Waals surface area contributed by atoms with E-state index >= 15 is 0 Å². The Morgan fingerprint density at radius 3 is 2.62 bits per heavy atom. The number of hydrazine groups is 1. The van der Waals surface area contributed by atoms with Crippen LogP contribution in [0.2, 0.25) is 0 Å². The Balaban J connectivity index is 1.68. The molecule has 1 saturated carbocycles. The second kappa shape index (κ2) is 7.53. The lowest BCUT2D eigenvalue weighted by molar-refractivity contribution is 0.0696. The van der Waals surface area contributed by atoms with Gasteiger partial charge in [-0.3, -0.25) is 9.91 Å². The van der Waals surface area contributed by atoms with Crippen LogP contribution >= 0.6 is 0 Å². The smallest absolute Gasteiger partial charge is 0.343 e. The van der Waals surface area contributed by atoms with Crippen LogP contribution < -0.4 is 15.2 Å². The van der Waals surface area contributed by atoms with Crippen LogP contribution in [-0.2, 0) is 0 Å². The monoisotopic (exact) mass is 397 g/mol. The molecule has 1 fully saturated rings. The van der Waals surface area contributed by atoms with Gasteiger partial charge in [-0.1, -0.05) is 12.8 Å². The molecule has 0 bridgehead atoms. The molecule has 0 atom stereocenters. The quantitative estimate of drug-likeness (QED) is 0.791. The molecule has 1 aliphatic heterocycles. The van der Waals surface area contributed by atoms with Gasteiger partial charge in [0.2, 0.25) is 5.95 Å². The lowest BCUT2D eigenvalue weighted by Crippen LogP contribution is -2.59. The molecule has 0 saturated heterocycles. The molecule has 2 aliphatic rings. The molecule has 0 radical (unpaired) electrons. The van der Waals surface area contributed by atoms with Crippen molar-refractivity contribution in [2.75, 3.05) is 28.8 Å². The van der Waals surface area contributed by atoms with Crippen molar-refractivity contribution < 1.29 is 14.7 Å². The van der Waals surface area contributed by atoms with E-state index in [1.807, 2.05) is 11.9 Å². The Morgan fingerprint density at radius 2 is 2.00 bits per heavy atom. The number of nitrogens with zero attached hydrogens (tertiary/aromatic N) is 6. The van der Waals surface area contributed by atoms with Crippen molar-refractivity contribution in [1.82, 2.24) is 20.0 Å². The molecule has 2 N–H and O–H groups in total. The van der Waals surface area contributed by atoms with Gasteiger partial charge in [-0.05, 0) is 31.9 Å². The molecule has 0 aromatic carbocycles. The predicted molar refractivity (Wildman–Crippen MR) is 107 cm³/mol. The molecule has 29 heavy (non-hydrogen) atoms. The SMILES string of the molecule is CCN1C(=O)N(C)c2cnc(Nc3ccc(C(=O)O)cn3)nc2N1C1CCCC1. The van der Waals surface area contributed by atoms with Crippen molar-refractivity contribution in [3.05, 3.63) is 30.1 Å². The third-order valence-electron chi connectivity index (χ3n) is 5.32. The summed E-state index contributed by atoms with van der Waals surface area (Å²) < 4.78 is 0. The standard InChI is InChI=1S/C19H23N7O3/c1-3-25-19(29)24(2)14-11-21-18(22-15-9-8-12(10-20-15)17(27)28)23-16(14)26(25)13-6-4-5-7-13/h8-11,13H,3-7H2,1-2H3,(H,27,28)(H,20,21,22,23). The van der Waals surface area contributed by atoms with Crippen molar-refractivity contribution in [2.45, 2.75) is 38.6 Å². The van der Waals surface area contributed by atoms with Gasteiger partial charge in [0.15, 0.2) is 5.82 Å². The van der Waals surface area contributed by atoms with E-state index in [0.717, 1.165) is 25.7 Å². The summed E-state index contributed by atoms with van der Waals surface area (Å²) in [6.45, 7) is 2.50. The van der Waals surface area contributed by atoms with E-state index in [4.69, 9.17) is 5.11 Å². The summed E-state index contributed by atoms with van der Waals surface area (Å²) in [5, 5.41) is 15.8. The first kappa shape index (κ1) is 18.9. The molecule has 10 nitrogen and oxygen atoms in total. The summed E-state index contributed by atoms with van der Waals surface area (Å²) in [5.74, 6) is 0.422. The largest absolute Gasteiger partial charge is 0.478 e. The van der Waals surface area contributed by atoms with E-state index in [9.17, 15) is 9.59 Å². The van der Waals surface area contributed by atoms with E-state index in [1.165, 1.54) is 12.3 Å². The molecule has 4 rings (SSSR count). The maximum Gasteiger partial charge on any atom is 0.343 e. The number of carboxylic acids is 1. The van der Waals surface area contributed by atoms with Gasteiger partial charge in [-0.25, -0.2) is 24.6 Å².